The van der Waals surface area contributed by atoms with Crippen molar-refractivity contribution in [1.82, 2.24) is 0 Å². The van der Waals surface area contributed by atoms with E-state index in [0.717, 1.165) is 0 Å². The lowest BCUT2D eigenvalue weighted by molar-refractivity contribution is -0.816. The van der Waals surface area contributed by atoms with Gasteiger partial charge in [-0.2, -0.15) is 0 Å². The number of carboxylic acid groups (broad SMARTS) is 2. The maximum Gasteiger partial charge on any atom is 0.459 e. The maximum absolute atomic E-state index is 11.1. The number of aliphatic carboxylic acids is 2. The Balaban J connectivity index is 5.83. The minimum Gasteiger partial charge on any atom is -0.481 e. The van der Waals surface area contributed by atoms with Crippen molar-refractivity contribution in [1.29, 1.82) is 0 Å². The van der Waals surface area contributed by atoms with Crippen LogP contribution in [0.15, 0.2) is 0 Å². The molecular formula is C10H14N4O12. The number of hydrogen-bond donors (Lipinski definition) is 2. The largest absolute Gasteiger partial charge is 0.481 e. The van der Waals surface area contributed by atoms with Gasteiger partial charge < -0.3 is 10.2 Å². The third-order valence-electron chi connectivity index (χ3n) is 3.76. The Morgan fingerprint density at radius 1 is 0.615 bits per heavy atom. The molecule has 0 amide bonds. The van der Waals surface area contributed by atoms with Crippen molar-refractivity contribution in [3.8, 4) is 0 Å². The smallest absolute Gasteiger partial charge is 0.459 e. The second-order valence-corrected chi connectivity index (χ2v) is 5.28. The molecule has 146 valence electrons. The SMILES string of the molecule is O=C(O)CCC(CCC(CCC(=O)O)([N+](=O)[O-])[N+](=O)[O-])([N+](=O)[O-])[N+](=O)[O-]. The molecular weight excluding hydrogens is 368 g/mol. The molecule has 0 saturated heterocycles. The zero-order chi connectivity index (χ0) is 20.7. The van der Waals surface area contributed by atoms with E-state index in [-0.39, 0.29) is 0 Å². The number of hydrogen-bond acceptors (Lipinski definition) is 10. The Morgan fingerprint density at radius 3 is 1.00 bits per heavy atom. The summed E-state index contributed by atoms with van der Waals surface area (Å²) in [5.74, 6) is -3.22. The van der Waals surface area contributed by atoms with Gasteiger partial charge in [0.1, 0.15) is 12.8 Å². The van der Waals surface area contributed by atoms with Crippen molar-refractivity contribution >= 4 is 11.9 Å². The number of rotatable bonds is 13. The second kappa shape index (κ2) is 8.58. The first-order valence-corrected chi connectivity index (χ1v) is 6.83. The Bertz CT molecular complexity index is 550. The van der Waals surface area contributed by atoms with Crippen LogP contribution in [-0.2, 0) is 9.59 Å². The van der Waals surface area contributed by atoms with Gasteiger partial charge in [0, 0.05) is 0 Å². The minimum atomic E-state index is -3.20. The van der Waals surface area contributed by atoms with Gasteiger partial charge >= 0.3 is 23.3 Å². The molecule has 0 bridgehead atoms. The molecule has 0 aliphatic heterocycles. The van der Waals surface area contributed by atoms with Crippen LogP contribution in [0.25, 0.3) is 0 Å². The normalized spacial score (nSPS) is 11.5. The monoisotopic (exact) mass is 382 g/mol. The van der Waals surface area contributed by atoms with E-state index in [0.29, 0.717) is 0 Å². The molecule has 16 heteroatoms. The summed E-state index contributed by atoms with van der Waals surface area (Å²) in [7, 11) is 0. The van der Waals surface area contributed by atoms with Gasteiger partial charge in [0.2, 0.25) is 0 Å². The third kappa shape index (κ3) is 5.02. The molecule has 0 aliphatic carbocycles. The fourth-order valence-electron chi connectivity index (χ4n) is 2.13. The van der Waals surface area contributed by atoms with Crippen LogP contribution < -0.4 is 0 Å². The molecule has 0 aromatic rings. The summed E-state index contributed by atoms with van der Waals surface area (Å²) in [5.41, 5.74) is -6.39. The van der Waals surface area contributed by atoms with Crippen LogP contribution in [0.5, 0.6) is 0 Å². The van der Waals surface area contributed by atoms with Crippen molar-refractivity contribution in [2.45, 2.75) is 49.9 Å². The Hall–Kier alpha value is -3.46. The van der Waals surface area contributed by atoms with E-state index in [2.05, 4.69) is 0 Å². The van der Waals surface area contributed by atoms with Gasteiger partial charge in [0.15, 0.2) is 0 Å². The van der Waals surface area contributed by atoms with E-state index in [1.807, 2.05) is 0 Å². The lowest BCUT2D eigenvalue weighted by Crippen LogP contribution is -2.52. The second-order valence-electron chi connectivity index (χ2n) is 5.28. The predicted octanol–water partition coefficient (Wildman–Crippen LogP) is -0.00440. The molecule has 0 atom stereocenters. The summed E-state index contributed by atoms with van der Waals surface area (Å²) >= 11 is 0. The lowest BCUT2D eigenvalue weighted by Gasteiger charge is -2.20. The highest BCUT2D eigenvalue weighted by molar-refractivity contribution is 5.67. The van der Waals surface area contributed by atoms with Crippen LogP contribution in [0.3, 0.4) is 0 Å². The first kappa shape index (κ1) is 22.5. The van der Waals surface area contributed by atoms with Gasteiger partial charge in [-0.1, -0.05) is 0 Å². The average molecular weight is 382 g/mol. The zero-order valence-electron chi connectivity index (χ0n) is 13.0. The fraction of sp³-hybridized carbons (Fsp3) is 0.800. The van der Waals surface area contributed by atoms with Crippen molar-refractivity contribution in [3.05, 3.63) is 40.5 Å². The van der Waals surface area contributed by atoms with Crippen molar-refractivity contribution in [2.75, 3.05) is 0 Å². The van der Waals surface area contributed by atoms with Gasteiger partial charge in [-0.05, 0) is 0 Å². The summed E-state index contributed by atoms with van der Waals surface area (Å²) in [5, 5.41) is 61.7. The highest BCUT2D eigenvalue weighted by Gasteiger charge is 2.63. The fourth-order valence-corrected chi connectivity index (χ4v) is 2.13. The van der Waals surface area contributed by atoms with Gasteiger partial charge in [-0.25, -0.2) is 0 Å². The van der Waals surface area contributed by atoms with E-state index in [1.54, 1.807) is 0 Å². The summed E-state index contributed by atoms with van der Waals surface area (Å²) in [6.07, 6.45) is -7.04. The molecule has 0 aromatic carbocycles. The highest BCUT2D eigenvalue weighted by Crippen LogP contribution is 2.32. The highest BCUT2D eigenvalue weighted by atomic mass is 16.7. The first-order valence-electron chi connectivity index (χ1n) is 6.83. The maximum atomic E-state index is 11.1. The molecule has 0 unspecified atom stereocenters. The molecule has 0 fully saturated rings. The molecule has 0 heterocycles. The van der Waals surface area contributed by atoms with E-state index < -0.39 is 81.5 Å². The number of nitro groups is 4. The zero-order valence-corrected chi connectivity index (χ0v) is 13.0. The van der Waals surface area contributed by atoms with Crippen molar-refractivity contribution in [2.24, 2.45) is 0 Å². The summed E-state index contributed by atoms with van der Waals surface area (Å²) in [6, 6.07) is 0. The Morgan fingerprint density at radius 2 is 0.846 bits per heavy atom. The molecule has 0 rings (SSSR count). The minimum absolute atomic E-state index is 1.03. The lowest BCUT2D eigenvalue weighted by atomic mass is 9.91. The van der Waals surface area contributed by atoms with Gasteiger partial charge in [0.25, 0.3) is 0 Å². The standard InChI is InChI=1S/C10H14N4O12/c15-7(16)1-3-9(11(19)20,12(21)22)5-6-10(13(23)24,14(25)26)4-2-8(17)18/h1-6H2,(H,15,16)(H,17,18). The van der Waals surface area contributed by atoms with Gasteiger partial charge in [-0.3, -0.25) is 50.0 Å². The summed E-state index contributed by atoms with van der Waals surface area (Å²) in [6.45, 7) is 0. The van der Waals surface area contributed by atoms with Crippen LogP contribution in [-0.4, -0.2) is 53.2 Å². The molecule has 26 heavy (non-hydrogen) atoms. The topological polar surface area (TPSA) is 247 Å². The number of nitrogens with zero attached hydrogens (tertiary/aromatic N) is 4. The van der Waals surface area contributed by atoms with Crippen molar-refractivity contribution < 1.29 is 39.5 Å². The number of carbonyl (C=O) groups is 2. The van der Waals surface area contributed by atoms with Crippen LogP contribution >= 0.6 is 0 Å². The molecule has 0 aliphatic rings. The first-order chi connectivity index (χ1) is 11.8. The quantitative estimate of drug-likeness (QED) is 0.242. The summed E-state index contributed by atoms with van der Waals surface area (Å²) < 4.78 is 0. The van der Waals surface area contributed by atoms with Crippen LogP contribution in [0.2, 0.25) is 0 Å². The van der Waals surface area contributed by atoms with E-state index in [1.165, 1.54) is 0 Å². The predicted molar refractivity (Wildman–Crippen MR) is 76.4 cm³/mol. The Kier molecular flexibility index (Phi) is 7.44. The van der Waals surface area contributed by atoms with E-state index >= 15 is 0 Å². The molecule has 16 nitrogen and oxygen atoms in total. The van der Waals surface area contributed by atoms with Crippen LogP contribution in [0.1, 0.15) is 38.5 Å². The van der Waals surface area contributed by atoms with E-state index in [9.17, 15) is 50.0 Å². The summed E-state index contributed by atoms with van der Waals surface area (Å²) in [4.78, 5) is 59.8. The van der Waals surface area contributed by atoms with Crippen molar-refractivity contribution in [3.63, 3.8) is 0 Å². The number of carboxylic acids is 2. The van der Waals surface area contributed by atoms with Gasteiger partial charge in [-0.15, -0.1) is 0 Å². The van der Waals surface area contributed by atoms with Crippen LogP contribution in [0.4, 0.5) is 0 Å². The third-order valence-corrected chi connectivity index (χ3v) is 3.76. The molecule has 0 radical (unpaired) electrons. The molecule has 0 spiro atoms. The van der Waals surface area contributed by atoms with E-state index in [4.69, 9.17) is 10.2 Å². The molecule has 0 saturated carbocycles. The van der Waals surface area contributed by atoms with Gasteiger partial charge in [0.05, 0.1) is 45.4 Å². The van der Waals surface area contributed by atoms with Crippen LogP contribution in [0, 0.1) is 40.5 Å². The Labute approximate surface area is 143 Å². The average Bonchev–Trinajstić information content (AvgIpc) is 2.48. The molecule has 2 N–H and O–H groups in total. The molecule has 0 aromatic heterocycles.